The van der Waals surface area contributed by atoms with Gasteiger partial charge >= 0.3 is 0 Å². The summed E-state index contributed by atoms with van der Waals surface area (Å²) in [7, 11) is 0. The number of nitrogens with zero attached hydrogens (tertiary/aromatic N) is 3. The third-order valence-corrected chi connectivity index (χ3v) is 4.96. The molecule has 0 aliphatic heterocycles. The molecule has 0 saturated carbocycles. The highest BCUT2D eigenvalue weighted by Crippen LogP contribution is 2.34. The average molecular weight is 337 g/mol. The quantitative estimate of drug-likeness (QED) is 0.639. The molecule has 0 N–H and O–H groups in total. The van der Waals surface area contributed by atoms with Crippen molar-refractivity contribution < 1.29 is 0 Å². The number of hydrogen-bond donors (Lipinski definition) is 0. The third kappa shape index (κ3) is 3.88. The molecule has 2 aromatic heterocycles. The van der Waals surface area contributed by atoms with Crippen LogP contribution in [-0.4, -0.2) is 14.5 Å². The highest BCUT2D eigenvalue weighted by Gasteiger charge is 2.16. The second-order valence-corrected chi connectivity index (χ2v) is 7.57. The minimum Gasteiger partial charge on any atom is -0.321 e. The number of pyridine rings is 1. The van der Waals surface area contributed by atoms with Gasteiger partial charge in [0.1, 0.15) is 5.03 Å². The molecule has 1 aromatic carbocycles. The Bertz CT molecular complexity index is 802. The van der Waals surface area contributed by atoms with Gasteiger partial charge < -0.3 is 4.57 Å². The lowest BCUT2D eigenvalue weighted by Gasteiger charge is -2.12. The average Bonchev–Trinajstić information content (AvgIpc) is 2.90. The van der Waals surface area contributed by atoms with E-state index in [1.165, 1.54) is 26.6 Å². The van der Waals surface area contributed by atoms with Crippen molar-refractivity contribution in [1.29, 1.82) is 0 Å². The van der Waals surface area contributed by atoms with Gasteiger partial charge in [-0.15, -0.1) is 0 Å². The van der Waals surface area contributed by atoms with Crippen molar-refractivity contribution in [3.63, 3.8) is 0 Å². The second kappa shape index (κ2) is 7.22. The molecule has 124 valence electrons. The van der Waals surface area contributed by atoms with Gasteiger partial charge in [-0.05, 0) is 54.7 Å². The fourth-order valence-electron chi connectivity index (χ4n) is 2.80. The van der Waals surface area contributed by atoms with Crippen molar-refractivity contribution >= 4 is 11.8 Å². The van der Waals surface area contributed by atoms with Gasteiger partial charge in [-0.2, -0.15) is 0 Å². The van der Waals surface area contributed by atoms with E-state index < -0.39 is 0 Å². The lowest BCUT2D eigenvalue weighted by molar-refractivity contribution is 0.706. The molecule has 3 nitrogen and oxygen atoms in total. The molecule has 0 amide bonds. The Labute approximate surface area is 148 Å². The Morgan fingerprint density at radius 1 is 1.12 bits per heavy atom. The maximum atomic E-state index is 4.67. The lowest BCUT2D eigenvalue weighted by atomic mass is 10.1. The van der Waals surface area contributed by atoms with Crippen LogP contribution in [0.25, 0.3) is 0 Å². The first-order chi connectivity index (χ1) is 11.5. The van der Waals surface area contributed by atoms with Gasteiger partial charge in [-0.3, -0.25) is 4.98 Å². The Kier molecular flexibility index (Phi) is 5.05. The summed E-state index contributed by atoms with van der Waals surface area (Å²) >= 11 is 1.80. The number of aryl methyl sites for hydroxylation is 2. The first-order valence-electron chi connectivity index (χ1n) is 8.23. The van der Waals surface area contributed by atoms with Crippen LogP contribution in [0.15, 0.2) is 59.0 Å². The minimum atomic E-state index is 0.397. The van der Waals surface area contributed by atoms with Crippen molar-refractivity contribution in [3.05, 3.63) is 71.4 Å². The molecule has 0 aliphatic carbocycles. The van der Waals surface area contributed by atoms with E-state index in [0.717, 1.165) is 12.2 Å². The van der Waals surface area contributed by atoms with E-state index >= 15 is 0 Å². The minimum absolute atomic E-state index is 0.397. The van der Waals surface area contributed by atoms with E-state index in [9.17, 15) is 0 Å². The Morgan fingerprint density at radius 3 is 2.50 bits per heavy atom. The molecule has 0 atom stereocenters. The molecule has 0 fully saturated rings. The molecule has 0 aliphatic rings. The molecule has 24 heavy (non-hydrogen) atoms. The van der Waals surface area contributed by atoms with Crippen LogP contribution in [0, 0.1) is 13.8 Å². The number of hydrogen-bond acceptors (Lipinski definition) is 3. The highest BCUT2D eigenvalue weighted by molar-refractivity contribution is 7.99. The summed E-state index contributed by atoms with van der Waals surface area (Å²) in [4.78, 5) is 10.2. The molecule has 0 bridgehead atoms. The first-order valence-corrected chi connectivity index (χ1v) is 9.04. The summed E-state index contributed by atoms with van der Waals surface area (Å²) in [5.74, 6) is 0.397. The molecular weight excluding hydrogens is 314 g/mol. The molecule has 0 spiro atoms. The van der Waals surface area contributed by atoms with Gasteiger partial charge in [0.05, 0.1) is 18.6 Å². The topological polar surface area (TPSA) is 30.7 Å². The van der Waals surface area contributed by atoms with Crippen molar-refractivity contribution in [3.8, 4) is 0 Å². The second-order valence-electron chi connectivity index (χ2n) is 6.50. The molecule has 0 saturated heterocycles. The van der Waals surface area contributed by atoms with Crippen LogP contribution in [-0.2, 0) is 6.54 Å². The zero-order chi connectivity index (χ0) is 17.1. The van der Waals surface area contributed by atoms with E-state index in [-0.39, 0.29) is 0 Å². The monoisotopic (exact) mass is 337 g/mol. The summed E-state index contributed by atoms with van der Waals surface area (Å²) < 4.78 is 2.23. The maximum Gasteiger partial charge on any atom is 0.103 e. The predicted octanol–water partition coefficient (Wildman–Crippen LogP) is 5.22. The van der Waals surface area contributed by atoms with Crippen molar-refractivity contribution in [1.82, 2.24) is 14.5 Å². The Hall–Kier alpha value is -2.07. The fourth-order valence-corrected chi connectivity index (χ4v) is 4.13. The molecule has 0 radical (unpaired) electrons. The van der Waals surface area contributed by atoms with Crippen LogP contribution < -0.4 is 0 Å². The van der Waals surface area contributed by atoms with E-state index in [2.05, 4.69) is 66.5 Å². The largest absolute Gasteiger partial charge is 0.321 e. The van der Waals surface area contributed by atoms with Gasteiger partial charge in [-0.1, -0.05) is 37.7 Å². The summed E-state index contributed by atoms with van der Waals surface area (Å²) in [5, 5.41) is 1.22. The van der Waals surface area contributed by atoms with Crippen molar-refractivity contribution in [2.75, 3.05) is 0 Å². The van der Waals surface area contributed by atoms with Crippen LogP contribution in [0.1, 0.15) is 42.1 Å². The van der Waals surface area contributed by atoms with Crippen LogP contribution in [0.4, 0.5) is 0 Å². The van der Waals surface area contributed by atoms with Crippen molar-refractivity contribution in [2.45, 2.75) is 50.1 Å². The third-order valence-electron chi connectivity index (χ3n) is 3.85. The summed E-state index contributed by atoms with van der Waals surface area (Å²) in [6.45, 7) is 9.48. The van der Waals surface area contributed by atoms with E-state index in [1.807, 2.05) is 24.8 Å². The highest BCUT2D eigenvalue weighted by atomic mass is 32.2. The van der Waals surface area contributed by atoms with Gasteiger partial charge in [0.2, 0.25) is 0 Å². The molecule has 4 heteroatoms. The summed E-state index contributed by atoms with van der Waals surface area (Å²) in [5.41, 5.74) is 4.93. The van der Waals surface area contributed by atoms with Crippen LogP contribution >= 0.6 is 11.8 Å². The Balaban J connectivity index is 1.96. The van der Waals surface area contributed by atoms with Crippen molar-refractivity contribution in [2.24, 2.45) is 0 Å². The maximum absolute atomic E-state index is 4.67. The molecule has 0 unspecified atom stereocenters. The Morgan fingerprint density at radius 2 is 1.88 bits per heavy atom. The molecule has 3 aromatic rings. The lowest BCUT2D eigenvalue weighted by Crippen LogP contribution is -2.01. The normalized spacial score (nSPS) is 11.2. The van der Waals surface area contributed by atoms with Gasteiger partial charge in [-0.25, -0.2) is 4.98 Å². The smallest absolute Gasteiger partial charge is 0.103 e. The van der Waals surface area contributed by atoms with E-state index in [1.54, 1.807) is 11.8 Å². The molecule has 2 heterocycles. The van der Waals surface area contributed by atoms with E-state index in [0.29, 0.717) is 5.92 Å². The summed E-state index contributed by atoms with van der Waals surface area (Å²) in [6.07, 6.45) is 5.68. The number of aromatic nitrogens is 3. The first kappa shape index (κ1) is 16.8. The zero-order valence-corrected chi connectivity index (χ0v) is 15.5. The predicted molar refractivity (Wildman–Crippen MR) is 99.7 cm³/mol. The SMILES string of the molecule is Cc1cc(C)cc(Sc2c(C(C)C)ncn2Cc2cccnc2)c1. The van der Waals surface area contributed by atoms with Crippen LogP contribution in [0.2, 0.25) is 0 Å². The van der Waals surface area contributed by atoms with Gasteiger partial charge in [0, 0.05) is 17.3 Å². The standard InChI is InChI=1S/C20H23N3S/c1-14(2)19-20(24-18-9-15(3)8-16(4)10-18)23(13-22-19)12-17-6-5-7-21-11-17/h5-11,13-14H,12H2,1-4H3. The number of rotatable bonds is 5. The van der Waals surface area contributed by atoms with Crippen LogP contribution in [0.5, 0.6) is 0 Å². The summed E-state index contributed by atoms with van der Waals surface area (Å²) in [6, 6.07) is 10.8. The van der Waals surface area contributed by atoms with Crippen LogP contribution in [0.3, 0.4) is 0 Å². The molecular formula is C20H23N3S. The van der Waals surface area contributed by atoms with E-state index in [4.69, 9.17) is 0 Å². The number of imidazole rings is 1. The van der Waals surface area contributed by atoms with Gasteiger partial charge in [0.15, 0.2) is 0 Å². The molecule has 3 rings (SSSR count). The zero-order valence-electron chi connectivity index (χ0n) is 14.7. The number of benzene rings is 1. The van der Waals surface area contributed by atoms with Gasteiger partial charge in [0.25, 0.3) is 0 Å². The fraction of sp³-hybridized carbons (Fsp3) is 0.300.